The van der Waals surface area contributed by atoms with Crippen LogP contribution in [0.3, 0.4) is 0 Å². The van der Waals surface area contributed by atoms with Gasteiger partial charge in [-0.05, 0) is 49.9 Å². The fourth-order valence-electron chi connectivity index (χ4n) is 3.79. The van der Waals surface area contributed by atoms with Crippen LogP contribution in [-0.2, 0) is 12.3 Å². The molecule has 0 aliphatic heterocycles. The van der Waals surface area contributed by atoms with Crippen molar-refractivity contribution in [1.82, 2.24) is 24.5 Å². The Bertz CT molecular complexity index is 1390. The number of fused-ring (bicyclic) bond motifs is 3. The molecule has 0 saturated carbocycles. The van der Waals surface area contributed by atoms with Gasteiger partial charge in [-0.1, -0.05) is 62.4 Å². The van der Waals surface area contributed by atoms with Crippen LogP contribution in [0.5, 0.6) is 0 Å². The molecule has 0 fully saturated rings. The number of nitrogens with zero attached hydrogens (tertiary/aromatic N) is 4. The number of aromatic nitrogens is 4. The van der Waals surface area contributed by atoms with Gasteiger partial charge in [-0.3, -0.25) is 18.6 Å². The highest BCUT2D eigenvalue weighted by Gasteiger charge is 2.19. The van der Waals surface area contributed by atoms with Gasteiger partial charge in [-0.2, -0.15) is 0 Å². The van der Waals surface area contributed by atoms with Gasteiger partial charge in [0.25, 0.3) is 11.5 Å². The van der Waals surface area contributed by atoms with Crippen molar-refractivity contribution in [2.75, 3.05) is 0 Å². The van der Waals surface area contributed by atoms with Crippen LogP contribution in [0.25, 0.3) is 16.7 Å². The minimum atomic E-state index is -0.155. The third-order valence-corrected chi connectivity index (χ3v) is 6.86. The smallest absolute Gasteiger partial charge is 0.262 e. The molecule has 1 amide bonds. The SMILES string of the molecule is CC[C@H](C)NC(=O)c1ccc2c(=O)n(CC(C)C)c3nnc(SCc4ccc(C)cc4)n3c2c1. The number of rotatable bonds is 8. The molecule has 0 unspecified atom stereocenters. The maximum Gasteiger partial charge on any atom is 0.262 e. The van der Waals surface area contributed by atoms with E-state index in [2.05, 4.69) is 60.6 Å². The van der Waals surface area contributed by atoms with Crippen molar-refractivity contribution in [3.05, 3.63) is 69.5 Å². The average Bonchev–Trinajstić information content (AvgIpc) is 3.24. The zero-order valence-electron chi connectivity index (χ0n) is 20.3. The molecule has 178 valence electrons. The van der Waals surface area contributed by atoms with E-state index in [1.165, 1.54) is 11.1 Å². The second-order valence-electron chi connectivity index (χ2n) is 9.22. The quantitative estimate of drug-likeness (QED) is 0.368. The van der Waals surface area contributed by atoms with Crippen molar-refractivity contribution < 1.29 is 4.79 Å². The standard InChI is InChI=1S/C26H31N5O2S/c1-6-18(5)27-23(32)20-11-12-21-22(13-20)31-25(30(24(21)33)14-16(2)3)28-29-26(31)34-15-19-9-7-17(4)8-10-19/h7-13,16,18H,6,14-15H2,1-5H3,(H,27,32)/t18-/m0/s1. The lowest BCUT2D eigenvalue weighted by atomic mass is 10.1. The Kier molecular flexibility index (Phi) is 7.07. The van der Waals surface area contributed by atoms with Crippen molar-refractivity contribution in [3.8, 4) is 0 Å². The molecule has 34 heavy (non-hydrogen) atoms. The third kappa shape index (κ3) is 4.87. The molecule has 1 atom stereocenters. The number of amides is 1. The summed E-state index contributed by atoms with van der Waals surface area (Å²) in [6.45, 7) is 10.7. The third-order valence-electron chi connectivity index (χ3n) is 5.86. The first-order valence-electron chi connectivity index (χ1n) is 11.7. The zero-order valence-corrected chi connectivity index (χ0v) is 21.1. The molecule has 0 aliphatic carbocycles. The zero-order chi connectivity index (χ0) is 24.4. The Hall–Kier alpha value is -3.13. The molecule has 7 nitrogen and oxygen atoms in total. The summed E-state index contributed by atoms with van der Waals surface area (Å²) in [4.78, 5) is 26.2. The highest BCUT2D eigenvalue weighted by molar-refractivity contribution is 7.98. The summed E-state index contributed by atoms with van der Waals surface area (Å²) in [5.74, 6) is 1.33. The molecule has 0 radical (unpaired) electrons. The van der Waals surface area contributed by atoms with Crippen LogP contribution in [0.2, 0.25) is 0 Å². The van der Waals surface area contributed by atoms with Gasteiger partial charge in [-0.25, -0.2) is 0 Å². The minimum Gasteiger partial charge on any atom is -0.350 e. The van der Waals surface area contributed by atoms with Gasteiger partial charge in [0.15, 0.2) is 5.16 Å². The molecule has 0 bridgehead atoms. The summed E-state index contributed by atoms with van der Waals surface area (Å²) in [5.41, 5.74) is 3.44. The fraction of sp³-hybridized carbons (Fsp3) is 0.385. The van der Waals surface area contributed by atoms with E-state index in [0.29, 0.717) is 33.9 Å². The van der Waals surface area contributed by atoms with Crippen LogP contribution in [0, 0.1) is 12.8 Å². The Labute approximate surface area is 203 Å². The summed E-state index contributed by atoms with van der Waals surface area (Å²) in [5, 5.41) is 13.1. The molecule has 0 aliphatic rings. The van der Waals surface area contributed by atoms with E-state index in [1.54, 1.807) is 34.5 Å². The molecule has 4 aromatic rings. The highest BCUT2D eigenvalue weighted by atomic mass is 32.2. The maximum atomic E-state index is 13.4. The summed E-state index contributed by atoms with van der Waals surface area (Å²) < 4.78 is 3.60. The topological polar surface area (TPSA) is 81.3 Å². The molecule has 2 aromatic carbocycles. The van der Waals surface area contributed by atoms with Gasteiger partial charge in [0.2, 0.25) is 5.78 Å². The Balaban J connectivity index is 1.85. The molecule has 0 spiro atoms. The van der Waals surface area contributed by atoms with E-state index in [0.717, 1.165) is 12.2 Å². The monoisotopic (exact) mass is 477 g/mol. The fourth-order valence-corrected chi connectivity index (χ4v) is 4.68. The lowest BCUT2D eigenvalue weighted by Crippen LogP contribution is -2.32. The average molecular weight is 478 g/mol. The van der Waals surface area contributed by atoms with E-state index in [4.69, 9.17) is 0 Å². The Morgan fingerprint density at radius 2 is 1.82 bits per heavy atom. The second-order valence-corrected chi connectivity index (χ2v) is 10.2. The molecule has 4 rings (SSSR count). The molecule has 8 heteroatoms. The van der Waals surface area contributed by atoms with Crippen LogP contribution in [0.15, 0.2) is 52.4 Å². The van der Waals surface area contributed by atoms with E-state index >= 15 is 0 Å². The molecular weight excluding hydrogens is 446 g/mol. The van der Waals surface area contributed by atoms with Crippen LogP contribution in [0.4, 0.5) is 0 Å². The first kappa shape index (κ1) is 24.0. The van der Waals surface area contributed by atoms with Crippen molar-refractivity contribution in [2.24, 2.45) is 5.92 Å². The number of hydrogen-bond acceptors (Lipinski definition) is 5. The van der Waals surface area contributed by atoms with Crippen LogP contribution >= 0.6 is 11.8 Å². The predicted octanol–water partition coefficient (Wildman–Crippen LogP) is 4.83. The van der Waals surface area contributed by atoms with Crippen LogP contribution < -0.4 is 10.9 Å². The van der Waals surface area contributed by atoms with Crippen LogP contribution in [-0.4, -0.2) is 31.1 Å². The number of thioether (sulfide) groups is 1. The largest absolute Gasteiger partial charge is 0.350 e. The van der Waals surface area contributed by atoms with Crippen molar-refractivity contribution in [2.45, 2.75) is 64.5 Å². The molecule has 0 saturated heterocycles. The number of hydrogen-bond donors (Lipinski definition) is 1. The number of carbonyl (C=O) groups excluding carboxylic acids is 1. The van der Waals surface area contributed by atoms with Crippen molar-refractivity contribution >= 4 is 34.3 Å². The first-order valence-corrected chi connectivity index (χ1v) is 12.7. The summed E-state index contributed by atoms with van der Waals surface area (Å²) >= 11 is 1.57. The molecular formula is C26H31N5O2S. The van der Waals surface area contributed by atoms with Crippen LogP contribution in [0.1, 0.15) is 55.6 Å². The lowest BCUT2D eigenvalue weighted by Gasteiger charge is -2.15. The van der Waals surface area contributed by atoms with E-state index in [-0.39, 0.29) is 23.4 Å². The summed E-state index contributed by atoms with van der Waals surface area (Å²) in [6.07, 6.45) is 0.842. The predicted molar refractivity (Wildman–Crippen MR) is 138 cm³/mol. The van der Waals surface area contributed by atoms with E-state index in [1.807, 2.05) is 18.2 Å². The van der Waals surface area contributed by atoms with Gasteiger partial charge in [0.1, 0.15) is 0 Å². The first-order chi connectivity index (χ1) is 16.3. The number of carbonyl (C=O) groups is 1. The molecule has 2 heterocycles. The Morgan fingerprint density at radius 1 is 1.09 bits per heavy atom. The van der Waals surface area contributed by atoms with Crippen molar-refractivity contribution in [3.63, 3.8) is 0 Å². The minimum absolute atomic E-state index is 0.0674. The number of nitrogens with one attached hydrogen (secondary N) is 1. The summed E-state index contributed by atoms with van der Waals surface area (Å²) in [6, 6.07) is 13.7. The van der Waals surface area contributed by atoms with E-state index < -0.39 is 0 Å². The second kappa shape index (κ2) is 10.0. The highest BCUT2D eigenvalue weighted by Crippen LogP contribution is 2.26. The number of benzene rings is 2. The van der Waals surface area contributed by atoms with Gasteiger partial charge >= 0.3 is 0 Å². The normalized spacial score (nSPS) is 12.5. The lowest BCUT2D eigenvalue weighted by molar-refractivity contribution is 0.0939. The van der Waals surface area contributed by atoms with Gasteiger partial charge in [-0.15, -0.1) is 10.2 Å². The van der Waals surface area contributed by atoms with Gasteiger partial charge in [0.05, 0.1) is 10.9 Å². The van der Waals surface area contributed by atoms with E-state index in [9.17, 15) is 9.59 Å². The molecule has 2 aromatic heterocycles. The molecule has 1 N–H and O–H groups in total. The maximum absolute atomic E-state index is 13.4. The van der Waals surface area contributed by atoms with Gasteiger partial charge in [0, 0.05) is 23.9 Å². The summed E-state index contributed by atoms with van der Waals surface area (Å²) in [7, 11) is 0. The van der Waals surface area contributed by atoms with Gasteiger partial charge < -0.3 is 5.32 Å². The van der Waals surface area contributed by atoms with Crippen molar-refractivity contribution in [1.29, 1.82) is 0 Å². The Morgan fingerprint density at radius 3 is 2.50 bits per heavy atom. The number of aryl methyl sites for hydroxylation is 1.